The van der Waals surface area contributed by atoms with Crippen molar-refractivity contribution < 1.29 is 13.2 Å². The van der Waals surface area contributed by atoms with Gasteiger partial charge in [0.2, 0.25) is 10.0 Å². The standard InChI is InChI=1S/C13H19ClN2O3S/c1-10-3-4-11(14)7-13(10)20(17,18)16-5-6-19-12(9-16)8-15-2/h3-4,7,12,15H,5-6,8-9H2,1-2H3. The quantitative estimate of drug-likeness (QED) is 0.908. The van der Waals surface area contributed by atoms with E-state index in [1.54, 1.807) is 19.1 Å². The largest absolute Gasteiger partial charge is 0.374 e. The van der Waals surface area contributed by atoms with Crippen LogP contribution >= 0.6 is 11.6 Å². The van der Waals surface area contributed by atoms with E-state index < -0.39 is 10.0 Å². The number of morpholine rings is 1. The highest BCUT2D eigenvalue weighted by Crippen LogP contribution is 2.24. The summed E-state index contributed by atoms with van der Waals surface area (Å²) in [6.45, 7) is 3.53. The summed E-state index contributed by atoms with van der Waals surface area (Å²) in [7, 11) is -1.71. The Morgan fingerprint density at radius 1 is 1.50 bits per heavy atom. The zero-order chi connectivity index (χ0) is 14.8. The second-order valence-corrected chi connectivity index (χ2v) is 7.17. The van der Waals surface area contributed by atoms with E-state index in [9.17, 15) is 8.42 Å². The number of hydrogen-bond donors (Lipinski definition) is 1. The van der Waals surface area contributed by atoms with Gasteiger partial charge >= 0.3 is 0 Å². The van der Waals surface area contributed by atoms with Crippen LogP contribution in [0.4, 0.5) is 0 Å². The summed E-state index contributed by atoms with van der Waals surface area (Å²) < 4.78 is 32.4. The van der Waals surface area contributed by atoms with Crippen molar-refractivity contribution in [1.82, 2.24) is 9.62 Å². The van der Waals surface area contributed by atoms with E-state index in [1.807, 2.05) is 7.05 Å². The summed E-state index contributed by atoms with van der Waals surface area (Å²) in [4.78, 5) is 0.273. The summed E-state index contributed by atoms with van der Waals surface area (Å²) in [5.74, 6) is 0. The molecule has 1 aromatic rings. The van der Waals surface area contributed by atoms with Gasteiger partial charge in [-0.05, 0) is 31.7 Å². The summed E-state index contributed by atoms with van der Waals surface area (Å²) in [6.07, 6.45) is -0.122. The molecule has 1 fully saturated rings. The fourth-order valence-corrected chi connectivity index (χ4v) is 4.20. The number of rotatable bonds is 4. The molecule has 1 N–H and O–H groups in total. The molecule has 2 rings (SSSR count). The van der Waals surface area contributed by atoms with Crippen molar-refractivity contribution in [2.75, 3.05) is 33.3 Å². The first kappa shape index (κ1) is 15.7. The van der Waals surface area contributed by atoms with E-state index in [-0.39, 0.29) is 11.0 Å². The lowest BCUT2D eigenvalue weighted by Crippen LogP contribution is -2.48. The van der Waals surface area contributed by atoms with E-state index in [0.717, 1.165) is 0 Å². The van der Waals surface area contributed by atoms with Gasteiger partial charge in [0.25, 0.3) is 0 Å². The summed E-state index contributed by atoms with van der Waals surface area (Å²) in [5, 5.41) is 3.43. The van der Waals surface area contributed by atoms with Gasteiger partial charge in [0.1, 0.15) is 0 Å². The first-order chi connectivity index (χ1) is 9.45. The molecule has 0 saturated carbocycles. The van der Waals surface area contributed by atoms with Crippen LogP contribution in [0, 0.1) is 6.92 Å². The molecular weight excluding hydrogens is 300 g/mol. The van der Waals surface area contributed by atoms with Crippen molar-refractivity contribution >= 4 is 21.6 Å². The summed E-state index contributed by atoms with van der Waals surface area (Å²) in [6, 6.07) is 4.93. The lowest BCUT2D eigenvalue weighted by atomic mass is 10.2. The van der Waals surface area contributed by atoms with Crippen molar-refractivity contribution in [3.05, 3.63) is 28.8 Å². The van der Waals surface area contributed by atoms with Gasteiger partial charge in [-0.25, -0.2) is 8.42 Å². The number of aryl methyl sites for hydroxylation is 1. The molecule has 5 nitrogen and oxygen atoms in total. The highest BCUT2D eigenvalue weighted by molar-refractivity contribution is 7.89. The number of ether oxygens (including phenoxy) is 1. The average molecular weight is 319 g/mol. The van der Waals surface area contributed by atoms with Gasteiger partial charge in [0, 0.05) is 24.7 Å². The minimum atomic E-state index is -3.53. The Morgan fingerprint density at radius 2 is 2.25 bits per heavy atom. The molecule has 0 radical (unpaired) electrons. The number of hydrogen-bond acceptors (Lipinski definition) is 4. The Balaban J connectivity index is 2.27. The van der Waals surface area contributed by atoms with Gasteiger partial charge in [-0.15, -0.1) is 0 Å². The lowest BCUT2D eigenvalue weighted by molar-refractivity contribution is 0.000814. The third-order valence-corrected chi connectivity index (χ3v) is 5.54. The van der Waals surface area contributed by atoms with Crippen molar-refractivity contribution in [3.63, 3.8) is 0 Å². The smallest absolute Gasteiger partial charge is 0.243 e. The van der Waals surface area contributed by atoms with Crippen LogP contribution in [0.15, 0.2) is 23.1 Å². The number of halogens is 1. The maximum Gasteiger partial charge on any atom is 0.243 e. The zero-order valence-corrected chi connectivity index (χ0v) is 13.2. The maximum absolute atomic E-state index is 12.7. The molecule has 1 saturated heterocycles. The molecule has 0 spiro atoms. The fraction of sp³-hybridized carbons (Fsp3) is 0.538. The third-order valence-electron chi connectivity index (χ3n) is 3.30. The van der Waals surface area contributed by atoms with E-state index in [1.165, 1.54) is 10.4 Å². The molecule has 0 aliphatic carbocycles. The third kappa shape index (κ3) is 3.32. The molecule has 7 heteroatoms. The van der Waals surface area contributed by atoms with Crippen LogP contribution in [0.5, 0.6) is 0 Å². The van der Waals surface area contributed by atoms with Gasteiger partial charge in [-0.2, -0.15) is 4.31 Å². The Kier molecular flexibility index (Phi) is 5.04. The Hall–Kier alpha value is -0.660. The van der Waals surface area contributed by atoms with Crippen LogP contribution in [0.2, 0.25) is 5.02 Å². The topological polar surface area (TPSA) is 58.6 Å². The second kappa shape index (κ2) is 6.41. The molecule has 1 aromatic carbocycles. The molecule has 1 unspecified atom stereocenters. The number of benzene rings is 1. The van der Waals surface area contributed by atoms with Crippen molar-refractivity contribution in [3.8, 4) is 0 Å². The lowest BCUT2D eigenvalue weighted by Gasteiger charge is -2.32. The van der Waals surface area contributed by atoms with Crippen LogP contribution in [-0.4, -0.2) is 52.1 Å². The van der Waals surface area contributed by atoms with Crippen molar-refractivity contribution in [2.24, 2.45) is 0 Å². The molecule has 1 atom stereocenters. The van der Waals surface area contributed by atoms with E-state index in [0.29, 0.717) is 36.8 Å². The van der Waals surface area contributed by atoms with Gasteiger partial charge < -0.3 is 10.1 Å². The van der Waals surface area contributed by atoms with Crippen LogP contribution in [0.1, 0.15) is 5.56 Å². The van der Waals surface area contributed by atoms with Crippen LogP contribution in [-0.2, 0) is 14.8 Å². The first-order valence-corrected chi connectivity index (χ1v) is 8.29. The van der Waals surface area contributed by atoms with Gasteiger partial charge in [-0.1, -0.05) is 17.7 Å². The number of likely N-dealkylation sites (N-methyl/N-ethyl adjacent to an activating group) is 1. The Morgan fingerprint density at radius 3 is 2.95 bits per heavy atom. The SMILES string of the molecule is CNCC1CN(S(=O)(=O)c2cc(Cl)ccc2C)CCO1. The highest BCUT2D eigenvalue weighted by atomic mass is 35.5. The number of nitrogens with zero attached hydrogens (tertiary/aromatic N) is 1. The zero-order valence-electron chi connectivity index (χ0n) is 11.6. The molecule has 0 bridgehead atoms. The normalized spacial score (nSPS) is 21.1. The highest BCUT2D eigenvalue weighted by Gasteiger charge is 2.31. The average Bonchev–Trinajstić information content (AvgIpc) is 2.42. The van der Waals surface area contributed by atoms with Gasteiger partial charge in [0.05, 0.1) is 17.6 Å². The Bertz CT molecular complexity index is 575. The molecule has 1 aliphatic heterocycles. The van der Waals surface area contributed by atoms with Crippen molar-refractivity contribution in [2.45, 2.75) is 17.9 Å². The fourth-order valence-electron chi connectivity index (χ4n) is 2.25. The monoisotopic (exact) mass is 318 g/mol. The van der Waals surface area contributed by atoms with Gasteiger partial charge in [-0.3, -0.25) is 0 Å². The van der Waals surface area contributed by atoms with E-state index >= 15 is 0 Å². The number of sulfonamides is 1. The maximum atomic E-state index is 12.7. The van der Waals surface area contributed by atoms with Gasteiger partial charge in [0.15, 0.2) is 0 Å². The first-order valence-electron chi connectivity index (χ1n) is 6.47. The Labute approximate surface area is 124 Å². The molecule has 0 amide bonds. The molecule has 1 heterocycles. The molecule has 1 aliphatic rings. The van der Waals surface area contributed by atoms with Crippen LogP contribution in [0.25, 0.3) is 0 Å². The minimum Gasteiger partial charge on any atom is -0.374 e. The summed E-state index contributed by atoms with van der Waals surface area (Å²) in [5.41, 5.74) is 0.700. The molecule has 0 aromatic heterocycles. The molecule has 20 heavy (non-hydrogen) atoms. The molecule has 112 valence electrons. The number of nitrogens with one attached hydrogen (secondary N) is 1. The van der Waals surface area contributed by atoms with Crippen LogP contribution < -0.4 is 5.32 Å². The van der Waals surface area contributed by atoms with Crippen LogP contribution in [0.3, 0.4) is 0 Å². The molecular formula is C13H19ClN2O3S. The van der Waals surface area contributed by atoms with E-state index in [2.05, 4.69) is 5.32 Å². The minimum absolute atomic E-state index is 0.122. The second-order valence-electron chi connectivity index (χ2n) is 4.82. The predicted octanol–water partition coefficient (Wildman–Crippen LogP) is 1.26. The summed E-state index contributed by atoms with van der Waals surface area (Å²) >= 11 is 5.92. The van der Waals surface area contributed by atoms with Crippen molar-refractivity contribution in [1.29, 1.82) is 0 Å². The predicted molar refractivity (Wildman–Crippen MR) is 78.6 cm³/mol. The van der Waals surface area contributed by atoms with E-state index in [4.69, 9.17) is 16.3 Å².